The van der Waals surface area contributed by atoms with E-state index in [1.54, 1.807) is 6.07 Å². The molecule has 130 valence electrons. The van der Waals surface area contributed by atoms with Gasteiger partial charge >= 0.3 is 0 Å². The number of hydrogen-bond acceptors (Lipinski definition) is 4. The zero-order valence-corrected chi connectivity index (χ0v) is 14.3. The molecular weight excluding hydrogens is 302 g/mol. The molecule has 2 aliphatic carbocycles. The second kappa shape index (κ2) is 5.67. The van der Waals surface area contributed by atoms with Crippen LogP contribution in [-0.4, -0.2) is 40.7 Å². The lowest BCUT2D eigenvalue weighted by Crippen LogP contribution is -2.69. The van der Waals surface area contributed by atoms with Crippen LogP contribution in [0.5, 0.6) is 0 Å². The molecule has 5 rings (SSSR count). The Balaban J connectivity index is 1.35. The molecule has 5 heteroatoms. The molecule has 1 spiro atoms. The van der Waals surface area contributed by atoms with Crippen LogP contribution in [0.25, 0.3) is 0 Å². The van der Waals surface area contributed by atoms with Crippen molar-refractivity contribution in [1.29, 1.82) is 0 Å². The van der Waals surface area contributed by atoms with Crippen molar-refractivity contribution in [2.24, 2.45) is 11.3 Å². The molecule has 1 aromatic rings. The van der Waals surface area contributed by atoms with Crippen LogP contribution >= 0.6 is 0 Å². The largest absolute Gasteiger partial charge is 0.381 e. The lowest BCUT2D eigenvalue weighted by Gasteiger charge is -2.65. The molecule has 0 amide bonds. The highest BCUT2D eigenvalue weighted by Gasteiger charge is 2.57. The van der Waals surface area contributed by atoms with Gasteiger partial charge in [-0.05, 0) is 49.9 Å². The molecule has 2 saturated heterocycles. The normalized spacial score (nSPS) is 30.1. The van der Waals surface area contributed by atoms with Gasteiger partial charge in [0.15, 0.2) is 0 Å². The van der Waals surface area contributed by atoms with Crippen LogP contribution in [0.3, 0.4) is 0 Å². The van der Waals surface area contributed by atoms with Gasteiger partial charge in [-0.2, -0.15) is 0 Å². The smallest absolute Gasteiger partial charge is 0.251 e. The van der Waals surface area contributed by atoms with E-state index in [-0.39, 0.29) is 5.56 Å². The Hall–Kier alpha value is -1.20. The van der Waals surface area contributed by atoms with Crippen molar-refractivity contribution in [3.05, 3.63) is 27.9 Å². The Morgan fingerprint density at radius 3 is 2.71 bits per heavy atom. The van der Waals surface area contributed by atoms with Gasteiger partial charge < -0.3 is 9.72 Å². The molecule has 0 aromatic carbocycles. The molecule has 2 saturated carbocycles. The van der Waals surface area contributed by atoms with Crippen molar-refractivity contribution in [2.45, 2.75) is 63.5 Å². The third kappa shape index (κ3) is 2.53. The number of H-pyrrole nitrogens is 1. The Labute approximate surface area is 142 Å². The summed E-state index contributed by atoms with van der Waals surface area (Å²) in [4.78, 5) is 22.3. The van der Waals surface area contributed by atoms with Gasteiger partial charge in [-0.3, -0.25) is 9.69 Å². The van der Waals surface area contributed by atoms with Gasteiger partial charge in [-0.1, -0.05) is 6.42 Å². The molecule has 24 heavy (non-hydrogen) atoms. The van der Waals surface area contributed by atoms with E-state index in [0.717, 1.165) is 37.2 Å². The fourth-order valence-corrected chi connectivity index (χ4v) is 5.31. The van der Waals surface area contributed by atoms with Gasteiger partial charge in [0.2, 0.25) is 0 Å². The zero-order valence-electron chi connectivity index (χ0n) is 14.3. The topological polar surface area (TPSA) is 58.2 Å². The molecule has 3 heterocycles. The fourth-order valence-electron chi connectivity index (χ4n) is 5.31. The quantitative estimate of drug-likeness (QED) is 0.922. The van der Waals surface area contributed by atoms with Crippen molar-refractivity contribution < 1.29 is 4.74 Å². The standard InChI is InChI=1S/C19H27N3O2/c23-16-10-15(20-18(21-16)14-2-3-14)11-22-12-19(6-1-7-19)17(22)13-4-8-24-9-5-13/h10,13-14,17H,1-9,11-12H2,(H,20,21,23). The van der Waals surface area contributed by atoms with E-state index in [9.17, 15) is 4.79 Å². The van der Waals surface area contributed by atoms with E-state index in [1.807, 2.05) is 0 Å². The number of aromatic amines is 1. The van der Waals surface area contributed by atoms with Crippen LogP contribution in [0.15, 0.2) is 10.9 Å². The van der Waals surface area contributed by atoms with Crippen molar-refractivity contribution in [2.75, 3.05) is 19.8 Å². The molecule has 2 aliphatic heterocycles. The Morgan fingerprint density at radius 1 is 1.25 bits per heavy atom. The summed E-state index contributed by atoms with van der Waals surface area (Å²) in [5, 5.41) is 0. The number of nitrogens with zero attached hydrogens (tertiary/aromatic N) is 2. The first kappa shape index (κ1) is 15.1. The van der Waals surface area contributed by atoms with Crippen LogP contribution in [-0.2, 0) is 11.3 Å². The zero-order chi connectivity index (χ0) is 16.1. The van der Waals surface area contributed by atoms with Crippen LogP contribution in [0.1, 0.15) is 62.4 Å². The molecule has 0 radical (unpaired) electrons. The molecular formula is C19H27N3O2. The molecule has 1 unspecified atom stereocenters. The maximum Gasteiger partial charge on any atom is 0.251 e. The summed E-state index contributed by atoms with van der Waals surface area (Å²) in [7, 11) is 0. The van der Waals surface area contributed by atoms with Gasteiger partial charge in [0.25, 0.3) is 5.56 Å². The van der Waals surface area contributed by atoms with E-state index in [4.69, 9.17) is 9.72 Å². The van der Waals surface area contributed by atoms with E-state index < -0.39 is 0 Å². The molecule has 1 atom stereocenters. The summed E-state index contributed by atoms with van der Waals surface area (Å²) in [6, 6.07) is 2.39. The molecule has 4 aliphatic rings. The highest BCUT2D eigenvalue weighted by molar-refractivity contribution is 5.15. The molecule has 0 bridgehead atoms. The predicted octanol–water partition coefficient (Wildman–Crippen LogP) is 2.43. The monoisotopic (exact) mass is 329 g/mol. The maximum absolute atomic E-state index is 12.0. The van der Waals surface area contributed by atoms with Crippen molar-refractivity contribution >= 4 is 0 Å². The second-order valence-electron chi connectivity index (χ2n) is 8.41. The Kier molecular flexibility index (Phi) is 3.56. The Bertz CT molecular complexity index is 671. The van der Waals surface area contributed by atoms with Crippen LogP contribution in [0.2, 0.25) is 0 Å². The van der Waals surface area contributed by atoms with Crippen molar-refractivity contribution in [3.8, 4) is 0 Å². The van der Waals surface area contributed by atoms with Crippen LogP contribution in [0, 0.1) is 11.3 Å². The lowest BCUT2D eigenvalue weighted by atomic mass is 9.54. The summed E-state index contributed by atoms with van der Waals surface area (Å²) >= 11 is 0. The first-order valence-corrected chi connectivity index (χ1v) is 9.65. The van der Waals surface area contributed by atoms with E-state index in [2.05, 4.69) is 9.88 Å². The highest BCUT2D eigenvalue weighted by atomic mass is 16.5. The van der Waals surface area contributed by atoms with E-state index in [0.29, 0.717) is 17.4 Å². The average molecular weight is 329 g/mol. The number of ether oxygens (including phenoxy) is 1. The van der Waals surface area contributed by atoms with E-state index in [1.165, 1.54) is 51.5 Å². The fraction of sp³-hybridized carbons (Fsp3) is 0.789. The number of aromatic nitrogens is 2. The number of nitrogens with one attached hydrogen (secondary N) is 1. The molecule has 5 nitrogen and oxygen atoms in total. The minimum atomic E-state index is 0.0170. The van der Waals surface area contributed by atoms with Gasteiger partial charge in [0.1, 0.15) is 5.82 Å². The first-order valence-electron chi connectivity index (χ1n) is 9.65. The minimum Gasteiger partial charge on any atom is -0.381 e. The van der Waals surface area contributed by atoms with Crippen molar-refractivity contribution in [1.82, 2.24) is 14.9 Å². The summed E-state index contributed by atoms with van der Waals surface area (Å²) < 4.78 is 5.58. The highest BCUT2D eigenvalue weighted by Crippen LogP contribution is 2.56. The van der Waals surface area contributed by atoms with Crippen LogP contribution < -0.4 is 5.56 Å². The SMILES string of the molecule is O=c1cc(CN2CC3(CCC3)C2C2CCOCC2)nc(C2CC2)[nH]1. The number of hydrogen-bond donors (Lipinski definition) is 1. The van der Waals surface area contributed by atoms with Gasteiger partial charge in [0.05, 0.1) is 5.69 Å². The second-order valence-corrected chi connectivity index (χ2v) is 8.41. The third-order valence-electron chi connectivity index (χ3n) is 6.74. The number of rotatable bonds is 4. The number of likely N-dealkylation sites (tertiary alicyclic amines) is 1. The van der Waals surface area contributed by atoms with Gasteiger partial charge in [-0.25, -0.2) is 4.98 Å². The summed E-state index contributed by atoms with van der Waals surface area (Å²) in [5.74, 6) is 2.18. The summed E-state index contributed by atoms with van der Waals surface area (Å²) in [6.45, 7) is 3.87. The molecule has 1 N–H and O–H groups in total. The lowest BCUT2D eigenvalue weighted by molar-refractivity contribution is -0.167. The molecule has 4 fully saturated rings. The third-order valence-corrected chi connectivity index (χ3v) is 6.74. The first-order chi connectivity index (χ1) is 11.7. The van der Waals surface area contributed by atoms with Gasteiger partial charge in [-0.15, -0.1) is 0 Å². The summed E-state index contributed by atoms with van der Waals surface area (Å²) in [5.41, 5.74) is 1.55. The average Bonchev–Trinajstić information content (AvgIpc) is 3.34. The van der Waals surface area contributed by atoms with E-state index >= 15 is 0 Å². The Morgan fingerprint density at radius 2 is 2.04 bits per heavy atom. The van der Waals surface area contributed by atoms with Crippen LogP contribution in [0.4, 0.5) is 0 Å². The summed E-state index contributed by atoms with van der Waals surface area (Å²) in [6.07, 6.45) is 8.90. The van der Waals surface area contributed by atoms with Crippen molar-refractivity contribution in [3.63, 3.8) is 0 Å². The predicted molar refractivity (Wildman–Crippen MR) is 90.9 cm³/mol. The molecule has 1 aromatic heterocycles. The van der Waals surface area contributed by atoms with Gasteiger partial charge in [0, 0.05) is 44.3 Å². The maximum atomic E-state index is 12.0. The minimum absolute atomic E-state index is 0.0170.